The second-order valence-corrected chi connectivity index (χ2v) is 9.77. The number of allylic oxidation sites excluding steroid dienone is 2. The van der Waals surface area contributed by atoms with Crippen LogP contribution < -0.4 is 0 Å². The smallest absolute Gasteiger partial charge is 0.305 e. The minimum Gasteiger partial charge on any atom is -0.469 e. The average molecular weight is 479 g/mol. The number of methoxy groups -OCH3 is 1. The molecule has 1 N–H and O–H groups in total. The van der Waals surface area contributed by atoms with Gasteiger partial charge in [-0.25, -0.2) is 0 Å². The molecular formula is C30H54O4. The molecule has 0 bridgehead atoms. The average Bonchev–Trinajstić information content (AvgIpc) is 2.84. The Kier molecular flexibility index (Phi) is 22.4. The van der Waals surface area contributed by atoms with Crippen LogP contribution in [0.25, 0.3) is 0 Å². The fourth-order valence-electron chi connectivity index (χ4n) is 4.27. The van der Waals surface area contributed by atoms with Crippen LogP contribution >= 0.6 is 0 Å². The van der Waals surface area contributed by atoms with Crippen LogP contribution in [0.4, 0.5) is 0 Å². The van der Waals surface area contributed by atoms with Crippen LogP contribution in [0.1, 0.15) is 142 Å². The maximum Gasteiger partial charge on any atom is 0.305 e. The van der Waals surface area contributed by atoms with E-state index in [0.29, 0.717) is 25.7 Å². The molecular weight excluding hydrogens is 424 g/mol. The lowest BCUT2D eigenvalue weighted by atomic mass is 9.85. The lowest BCUT2D eigenvalue weighted by Gasteiger charge is -2.26. The normalized spacial score (nSPS) is 13.1. The van der Waals surface area contributed by atoms with Gasteiger partial charge in [0.25, 0.3) is 0 Å². The predicted molar refractivity (Wildman–Crippen MR) is 144 cm³/mol. The molecule has 0 aromatic carbocycles. The maximum absolute atomic E-state index is 12.9. The summed E-state index contributed by atoms with van der Waals surface area (Å²) in [5.41, 5.74) is -1.19. The lowest BCUT2D eigenvalue weighted by Crippen LogP contribution is -2.38. The number of hydrogen-bond donors (Lipinski definition) is 1. The molecule has 1 atom stereocenters. The molecule has 0 aliphatic carbocycles. The summed E-state index contributed by atoms with van der Waals surface area (Å²) < 4.78 is 4.66. The highest BCUT2D eigenvalue weighted by Gasteiger charge is 2.32. The van der Waals surface area contributed by atoms with E-state index in [1.165, 1.54) is 32.8 Å². The molecule has 0 saturated heterocycles. The molecule has 0 unspecified atom stereocenters. The fraction of sp³-hybridized carbons (Fsp3) is 0.800. The van der Waals surface area contributed by atoms with Gasteiger partial charge in [0.05, 0.1) is 7.11 Å². The Balaban J connectivity index is 4.24. The van der Waals surface area contributed by atoms with Gasteiger partial charge in [0, 0.05) is 19.3 Å². The standard InChI is InChI=1S/C30H54O4/c1-4-6-8-10-11-14-17-20-24-28(31)30(33,26-22-9-7-5-2)27-23-19-16-13-12-15-18-21-25-29(32)34-3/h4,19,23,33H,1,5-18,20-22,24-27H2,2-3H3/b23-19-/t30-/m1/s1. The number of unbranched alkanes of at least 4 members (excludes halogenated alkanes) is 14. The van der Waals surface area contributed by atoms with E-state index in [0.717, 1.165) is 83.5 Å². The summed E-state index contributed by atoms with van der Waals surface area (Å²) in [6.45, 7) is 5.94. The Morgan fingerprint density at radius 1 is 0.765 bits per heavy atom. The van der Waals surface area contributed by atoms with Gasteiger partial charge in [0.2, 0.25) is 0 Å². The number of esters is 1. The van der Waals surface area contributed by atoms with Gasteiger partial charge in [-0.2, -0.15) is 0 Å². The molecule has 0 saturated carbocycles. The summed E-state index contributed by atoms with van der Waals surface area (Å²) >= 11 is 0. The van der Waals surface area contributed by atoms with Crippen molar-refractivity contribution in [2.45, 2.75) is 147 Å². The van der Waals surface area contributed by atoms with Crippen LogP contribution in [0.3, 0.4) is 0 Å². The first-order chi connectivity index (χ1) is 16.5. The van der Waals surface area contributed by atoms with Gasteiger partial charge < -0.3 is 9.84 Å². The highest BCUT2D eigenvalue weighted by molar-refractivity contribution is 5.87. The van der Waals surface area contributed by atoms with Crippen LogP contribution in [0.5, 0.6) is 0 Å². The van der Waals surface area contributed by atoms with Crippen molar-refractivity contribution in [1.82, 2.24) is 0 Å². The molecule has 0 aromatic rings. The van der Waals surface area contributed by atoms with E-state index in [4.69, 9.17) is 0 Å². The molecule has 198 valence electrons. The van der Waals surface area contributed by atoms with Gasteiger partial charge in [-0.05, 0) is 44.9 Å². The van der Waals surface area contributed by atoms with Gasteiger partial charge >= 0.3 is 5.97 Å². The first-order valence-electron chi connectivity index (χ1n) is 14.1. The van der Waals surface area contributed by atoms with E-state index in [-0.39, 0.29) is 11.8 Å². The molecule has 0 aromatic heterocycles. The van der Waals surface area contributed by atoms with E-state index in [1.54, 1.807) is 0 Å². The Labute approximate surface area is 210 Å². The van der Waals surface area contributed by atoms with E-state index >= 15 is 0 Å². The quantitative estimate of drug-likeness (QED) is 0.0812. The number of aliphatic hydroxyl groups is 1. The Bertz CT molecular complexity index is 540. The molecule has 4 nitrogen and oxygen atoms in total. The van der Waals surface area contributed by atoms with Crippen LogP contribution in [0.15, 0.2) is 24.8 Å². The molecule has 0 aliphatic rings. The Morgan fingerprint density at radius 2 is 1.32 bits per heavy atom. The summed E-state index contributed by atoms with van der Waals surface area (Å²) in [5, 5.41) is 11.2. The van der Waals surface area contributed by atoms with Crippen molar-refractivity contribution in [3.05, 3.63) is 24.8 Å². The largest absolute Gasteiger partial charge is 0.469 e. The molecule has 34 heavy (non-hydrogen) atoms. The third-order valence-electron chi connectivity index (χ3n) is 6.63. The number of ether oxygens (including phenoxy) is 1. The van der Waals surface area contributed by atoms with Crippen LogP contribution in [-0.2, 0) is 14.3 Å². The minimum absolute atomic E-state index is 0.0333. The van der Waals surface area contributed by atoms with Gasteiger partial charge in [-0.3, -0.25) is 9.59 Å². The molecule has 0 aliphatic heterocycles. The number of carbonyl (C=O) groups is 2. The maximum atomic E-state index is 12.9. The summed E-state index contributed by atoms with van der Waals surface area (Å²) in [5.74, 6) is -0.0928. The van der Waals surface area contributed by atoms with Gasteiger partial charge in [-0.1, -0.05) is 95.8 Å². The SMILES string of the molecule is C=CCCCCCCCCC(=O)[C@](O)(C/C=C\CCCCCCCC(=O)OC)CCCCCC. The summed E-state index contributed by atoms with van der Waals surface area (Å²) in [6, 6.07) is 0. The number of ketones is 1. The number of rotatable bonds is 25. The van der Waals surface area contributed by atoms with Crippen molar-refractivity contribution in [3.63, 3.8) is 0 Å². The van der Waals surface area contributed by atoms with E-state index in [1.807, 2.05) is 12.2 Å². The third kappa shape index (κ3) is 18.9. The van der Waals surface area contributed by atoms with Gasteiger partial charge in [0.1, 0.15) is 5.60 Å². The molecule has 0 radical (unpaired) electrons. The molecule has 0 fully saturated rings. The molecule has 0 heterocycles. The molecule has 0 rings (SSSR count). The zero-order valence-electron chi connectivity index (χ0n) is 22.5. The first kappa shape index (κ1) is 32.6. The minimum atomic E-state index is -1.19. The Morgan fingerprint density at radius 3 is 1.94 bits per heavy atom. The van der Waals surface area contributed by atoms with Crippen molar-refractivity contribution < 1.29 is 19.4 Å². The van der Waals surface area contributed by atoms with Crippen molar-refractivity contribution in [1.29, 1.82) is 0 Å². The van der Waals surface area contributed by atoms with Gasteiger partial charge in [0.15, 0.2) is 5.78 Å². The zero-order chi connectivity index (χ0) is 25.3. The number of hydrogen-bond acceptors (Lipinski definition) is 4. The summed E-state index contributed by atoms with van der Waals surface area (Å²) in [6.07, 6.45) is 26.6. The van der Waals surface area contributed by atoms with Crippen LogP contribution in [0.2, 0.25) is 0 Å². The summed E-state index contributed by atoms with van der Waals surface area (Å²) in [7, 11) is 1.43. The number of carbonyl (C=O) groups excluding carboxylic acids is 2. The third-order valence-corrected chi connectivity index (χ3v) is 6.63. The second-order valence-electron chi connectivity index (χ2n) is 9.77. The van der Waals surface area contributed by atoms with E-state index < -0.39 is 5.60 Å². The monoisotopic (exact) mass is 478 g/mol. The second kappa shape index (κ2) is 23.3. The first-order valence-corrected chi connectivity index (χ1v) is 14.1. The number of Topliss-reactive ketones (excluding diaryl/α,β-unsaturated/α-hetero) is 1. The molecule has 0 spiro atoms. The van der Waals surface area contributed by atoms with Crippen molar-refractivity contribution >= 4 is 11.8 Å². The highest BCUT2D eigenvalue weighted by Crippen LogP contribution is 2.25. The van der Waals surface area contributed by atoms with Crippen molar-refractivity contribution in [2.75, 3.05) is 7.11 Å². The van der Waals surface area contributed by atoms with Crippen molar-refractivity contribution in [3.8, 4) is 0 Å². The summed E-state index contributed by atoms with van der Waals surface area (Å²) in [4.78, 5) is 24.0. The van der Waals surface area contributed by atoms with E-state index in [9.17, 15) is 14.7 Å². The molecule has 4 heteroatoms. The Hall–Kier alpha value is -1.42. The lowest BCUT2D eigenvalue weighted by molar-refractivity contribution is -0.140. The van der Waals surface area contributed by atoms with Crippen LogP contribution in [0, 0.1) is 0 Å². The topological polar surface area (TPSA) is 63.6 Å². The fourth-order valence-corrected chi connectivity index (χ4v) is 4.27. The zero-order valence-corrected chi connectivity index (χ0v) is 22.5. The highest BCUT2D eigenvalue weighted by atomic mass is 16.5. The van der Waals surface area contributed by atoms with Gasteiger partial charge in [-0.15, -0.1) is 6.58 Å². The van der Waals surface area contributed by atoms with Crippen LogP contribution in [-0.4, -0.2) is 29.6 Å². The van der Waals surface area contributed by atoms with E-state index in [2.05, 4.69) is 24.3 Å². The van der Waals surface area contributed by atoms with Crippen molar-refractivity contribution in [2.24, 2.45) is 0 Å². The molecule has 0 amide bonds. The predicted octanol–water partition coefficient (Wildman–Crippen LogP) is 8.41.